The Balaban J connectivity index is 4.29. The first-order valence-electron chi connectivity index (χ1n) is 33.1. The zero-order valence-corrected chi connectivity index (χ0v) is 51.0. The smallest absolute Gasteiger partial charge is 0.306 e. The Morgan fingerprint density at radius 1 is 0.273 bits per heavy atom. The predicted octanol–water partition coefficient (Wildman–Crippen LogP) is 22.7. The fraction of sp³-hybridized carbons (Fsp3) is 0.761. The third-order valence-corrected chi connectivity index (χ3v) is 14.4. The van der Waals surface area contributed by atoms with Crippen LogP contribution in [0.25, 0.3) is 0 Å². The van der Waals surface area contributed by atoms with E-state index < -0.39 is 6.10 Å². The molecule has 0 bridgehead atoms. The van der Waals surface area contributed by atoms with Gasteiger partial charge in [0, 0.05) is 19.3 Å². The molecule has 0 fully saturated rings. The second-order valence-corrected chi connectivity index (χ2v) is 22.0. The summed E-state index contributed by atoms with van der Waals surface area (Å²) in [6.07, 6.45) is 85.9. The minimum absolute atomic E-state index is 0.0805. The largest absolute Gasteiger partial charge is 0.462 e. The van der Waals surface area contributed by atoms with Crippen molar-refractivity contribution in [3.8, 4) is 0 Å². The van der Waals surface area contributed by atoms with Crippen molar-refractivity contribution in [2.24, 2.45) is 0 Å². The summed E-state index contributed by atoms with van der Waals surface area (Å²) in [6, 6.07) is 0. The second kappa shape index (κ2) is 65.1. The van der Waals surface area contributed by atoms with Gasteiger partial charge in [0.2, 0.25) is 0 Å². The number of unbranched alkanes of at least 4 members (excludes halogenated alkanes) is 35. The molecule has 6 nitrogen and oxygen atoms in total. The first-order chi connectivity index (χ1) is 38.0. The monoisotopic (exact) mass is 1070 g/mol. The Morgan fingerprint density at radius 3 is 0.831 bits per heavy atom. The van der Waals surface area contributed by atoms with Crippen LogP contribution in [0.2, 0.25) is 0 Å². The molecule has 6 heteroatoms. The lowest BCUT2D eigenvalue weighted by Gasteiger charge is -2.18. The highest BCUT2D eigenvalue weighted by molar-refractivity contribution is 5.71. The molecule has 0 amide bonds. The van der Waals surface area contributed by atoms with Crippen LogP contribution in [-0.2, 0) is 28.6 Å². The summed E-state index contributed by atoms with van der Waals surface area (Å²) in [4.78, 5) is 38.4. The van der Waals surface area contributed by atoms with Gasteiger partial charge in [-0.1, -0.05) is 279 Å². The Bertz CT molecular complexity index is 1470. The molecular formula is C71H124O6. The van der Waals surface area contributed by atoms with Crippen LogP contribution >= 0.6 is 0 Å². The summed E-state index contributed by atoms with van der Waals surface area (Å²) in [7, 11) is 0. The average molecular weight is 1070 g/mol. The van der Waals surface area contributed by atoms with E-state index in [1.54, 1.807) is 0 Å². The normalized spacial score (nSPS) is 12.6. The summed E-state index contributed by atoms with van der Waals surface area (Å²) in [5.74, 6) is -0.883. The van der Waals surface area contributed by atoms with Crippen LogP contribution in [0, 0.1) is 0 Å². The van der Waals surface area contributed by atoms with Crippen molar-refractivity contribution < 1.29 is 28.6 Å². The molecule has 0 aromatic carbocycles. The molecule has 0 radical (unpaired) electrons. The summed E-state index contributed by atoms with van der Waals surface area (Å²) < 4.78 is 16.9. The molecule has 0 aliphatic heterocycles. The van der Waals surface area contributed by atoms with Gasteiger partial charge in [-0.05, 0) is 116 Å². The van der Waals surface area contributed by atoms with E-state index >= 15 is 0 Å². The lowest BCUT2D eigenvalue weighted by Crippen LogP contribution is -2.30. The Kier molecular flexibility index (Phi) is 62.2. The molecule has 1 unspecified atom stereocenters. The SMILES string of the molecule is CC/C=C\C/C=C\C/C=C\C/C=C\CCCCCCCCCCCCCCCCC(=O)OCC(COC(=O)CCCCCCC/C=C\CCCCCCCC)OC(=O)CCCCCCCCC/C=C\C/C=C\CCCCC. The molecular weight excluding hydrogens is 949 g/mol. The van der Waals surface area contributed by atoms with Crippen molar-refractivity contribution in [1.29, 1.82) is 0 Å². The van der Waals surface area contributed by atoms with Gasteiger partial charge in [0.25, 0.3) is 0 Å². The molecule has 1 atom stereocenters. The number of carbonyl (C=O) groups excluding carboxylic acids is 3. The molecule has 444 valence electrons. The molecule has 0 saturated heterocycles. The average Bonchev–Trinajstić information content (AvgIpc) is 3.43. The first kappa shape index (κ1) is 73.6. The highest BCUT2D eigenvalue weighted by Gasteiger charge is 2.19. The van der Waals surface area contributed by atoms with Gasteiger partial charge in [-0.25, -0.2) is 0 Å². The van der Waals surface area contributed by atoms with E-state index in [1.807, 2.05) is 0 Å². The van der Waals surface area contributed by atoms with Gasteiger partial charge in [0.1, 0.15) is 13.2 Å². The van der Waals surface area contributed by atoms with E-state index in [1.165, 1.54) is 186 Å². The maximum absolute atomic E-state index is 12.9. The summed E-state index contributed by atoms with van der Waals surface area (Å²) in [5, 5.41) is 0. The van der Waals surface area contributed by atoms with Gasteiger partial charge in [-0.2, -0.15) is 0 Å². The van der Waals surface area contributed by atoms with Gasteiger partial charge in [0.15, 0.2) is 6.10 Å². The van der Waals surface area contributed by atoms with Crippen LogP contribution in [0.4, 0.5) is 0 Å². The number of ether oxygens (including phenoxy) is 3. The highest BCUT2D eigenvalue weighted by atomic mass is 16.6. The Morgan fingerprint density at radius 2 is 0.506 bits per heavy atom. The maximum Gasteiger partial charge on any atom is 0.306 e. The number of allylic oxidation sites excluding steroid dienone is 14. The number of hydrogen-bond donors (Lipinski definition) is 0. The van der Waals surface area contributed by atoms with Crippen molar-refractivity contribution in [3.05, 3.63) is 85.1 Å². The molecule has 0 rings (SSSR count). The fourth-order valence-corrected chi connectivity index (χ4v) is 9.40. The van der Waals surface area contributed by atoms with Crippen molar-refractivity contribution in [2.45, 2.75) is 335 Å². The minimum atomic E-state index is -0.785. The summed E-state index contributed by atoms with van der Waals surface area (Å²) >= 11 is 0. The minimum Gasteiger partial charge on any atom is -0.462 e. The van der Waals surface area contributed by atoms with Gasteiger partial charge in [-0.3, -0.25) is 14.4 Å². The van der Waals surface area contributed by atoms with E-state index in [9.17, 15) is 14.4 Å². The van der Waals surface area contributed by atoms with Gasteiger partial charge < -0.3 is 14.2 Å². The summed E-state index contributed by atoms with van der Waals surface area (Å²) in [6.45, 7) is 6.52. The van der Waals surface area contributed by atoms with Gasteiger partial charge >= 0.3 is 17.9 Å². The van der Waals surface area contributed by atoms with Crippen LogP contribution in [0.15, 0.2) is 85.1 Å². The highest BCUT2D eigenvalue weighted by Crippen LogP contribution is 2.17. The number of esters is 3. The second-order valence-electron chi connectivity index (χ2n) is 22.0. The fourth-order valence-electron chi connectivity index (χ4n) is 9.40. The number of hydrogen-bond acceptors (Lipinski definition) is 6. The molecule has 0 aromatic heterocycles. The quantitative estimate of drug-likeness (QED) is 0.0261. The molecule has 0 spiro atoms. The van der Waals surface area contributed by atoms with Crippen molar-refractivity contribution in [2.75, 3.05) is 13.2 Å². The molecule has 0 aliphatic carbocycles. The van der Waals surface area contributed by atoms with Crippen LogP contribution in [0.1, 0.15) is 329 Å². The van der Waals surface area contributed by atoms with Crippen LogP contribution in [0.5, 0.6) is 0 Å². The third kappa shape index (κ3) is 63.3. The predicted molar refractivity (Wildman–Crippen MR) is 334 cm³/mol. The number of rotatable bonds is 60. The Hall–Kier alpha value is -3.41. The third-order valence-electron chi connectivity index (χ3n) is 14.4. The maximum atomic E-state index is 12.9. The lowest BCUT2D eigenvalue weighted by atomic mass is 10.0. The molecule has 0 N–H and O–H groups in total. The van der Waals surface area contributed by atoms with E-state index in [-0.39, 0.29) is 31.1 Å². The topological polar surface area (TPSA) is 78.9 Å². The van der Waals surface area contributed by atoms with E-state index in [0.717, 1.165) is 103 Å². The molecule has 0 aromatic rings. The van der Waals surface area contributed by atoms with Crippen molar-refractivity contribution in [3.63, 3.8) is 0 Å². The van der Waals surface area contributed by atoms with E-state index in [0.29, 0.717) is 19.3 Å². The molecule has 0 heterocycles. The Labute approximate surface area is 477 Å². The molecule has 77 heavy (non-hydrogen) atoms. The van der Waals surface area contributed by atoms with Gasteiger partial charge in [0.05, 0.1) is 0 Å². The van der Waals surface area contributed by atoms with Crippen molar-refractivity contribution >= 4 is 17.9 Å². The molecule has 0 aliphatic rings. The van der Waals surface area contributed by atoms with Crippen molar-refractivity contribution in [1.82, 2.24) is 0 Å². The number of carbonyl (C=O) groups is 3. The van der Waals surface area contributed by atoms with Crippen LogP contribution in [-0.4, -0.2) is 37.2 Å². The first-order valence-corrected chi connectivity index (χ1v) is 33.1. The van der Waals surface area contributed by atoms with Crippen LogP contribution < -0.4 is 0 Å². The standard InChI is InChI=1S/C71H124O6/c1-4-7-10-13-16-19-22-25-28-30-31-32-33-34-35-36-37-38-39-41-43-46-49-52-55-58-61-64-70(73)76-67-68(66-75-69(72)63-60-57-54-51-48-45-42-27-24-21-18-15-12-9-6-3)77-71(74)65-62-59-56-53-50-47-44-40-29-26-23-20-17-14-11-8-5-2/h7,10,16-17,19-20,25-29,31-32,42,68H,4-6,8-9,11-15,18,21-24,30,33-41,43-67H2,1-3H3/b10-7-,19-16-,20-17-,28-25-,29-26-,32-31-,42-27-. The van der Waals surface area contributed by atoms with E-state index in [2.05, 4.69) is 106 Å². The van der Waals surface area contributed by atoms with Crippen LogP contribution in [0.3, 0.4) is 0 Å². The zero-order valence-electron chi connectivity index (χ0n) is 51.0. The van der Waals surface area contributed by atoms with Gasteiger partial charge in [-0.15, -0.1) is 0 Å². The zero-order chi connectivity index (χ0) is 55.7. The molecule has 0 saturated carbocycles. The lowest BCUT2D eigenvalue weighted by molar-refractivity contribution is -0.167. The summed E-state index contributed by atoms with van der Waals surface area (Å²) in [5.41, 5.74) is 0. The van der Waals surface area contributed by atoms with E-state index in [4.69, 9.17) is 14.2 Å².